The molecule has 0 aliphatic rings. The van der Waals surface area contributed by atoms with Gasteiger partial charge in [-0.3, -0.25) is 0 Å². The highest BCUT2D eigenvalue weighted by molar-refractivity contribution is 5.98. The van der Waals surface area contributed by atoms with Crippen molar-refractivity contribution in [1.82, 2.24) is 4.98 Å². The summed E-state index contributed by atoms with van der Waals surface area (Å²) in [6, 6.07) is 3.17. The molecule has 0 saturated carbocycles. The summed E-state index contributed by atoms with van der Waals surface area (Å²) in [6.45, 7) is 0. The number of aromatic carboxylic acids is 1. The fourth-order valence-corrected chi connectivity index (χ4v) is 1.87. The standard InChI is InChI=1S/C12H13NO5/c1-16-9-5-7-6(4-8(13-7)12(14)15)10(17-2)11(9)18-3/h4-5,13H,1-3H3,(H,14,15). The van der Waals surface area contributed by atoms with E-state index in [0.29, 0.717) is 28.2 Å². The smallest absolute Gasteiger partial charge is 0.352 e. The Bertz CT molecular complexity index is 602. The first-order chi connectivity index (χ1) is 8.62. The number of hydrogen-bond acceptors (Lipinski definition) is 4. The molecule has 2 aromatic rings. The quantitative estimate of drug-likeness (QED) is 0.867. The number of ether oxygens (including phenoxy) is 3. The van der Waals surface area contributed by atoms with Gasteiger partial charge in [0, 0.05) is 11.5 Å². The molecule has 0 radical (unpaired) electrons. The molecule has 1 aromatic carbocycles. The van der Waals surface area contributed by atoms with Crippen LogP contribution in [-0.2, 0) is 0 Å². The summed E-state index contributed by atoms with van der Waals surface area (Å²) in [5.41, 5.74) is 0.695. The fraction of sp³-hybridized carbons (Fsp3) is 0.250. The van der Waals surface area contributed by atoms with Gasteiger partial charge in [-0.15, -0.1) is 0 Å². The molecule has 0 spiro atoms. The van der Waals surface area contributed by atoms with Crippen LogP contribution >= 0.6 is 0 Å². The number of carbonyl (C=O) groups is 1. The zero-order valence-electron chi connectivity index (χ0n) is 10.2. The molecule has 96 valence electrons. The number of rotatable bonds is 4. The van der Waals surface area contributed by atoms with E-state index in [4.69, 9.17) is 19.3 Å². The Kier molecular flexibility index (Phi) is 3.01. The minimum Gasteiger partial charge on any atom is -0.493 e. The number of nitrogens with one attached hydrogen (secondary N) is 1. The summed E-state index contributed by atoms with van der Waals surface area (Å²) in [6.07, 6.45) is 0. The van der Waals surface area contributed by atoms with Gasteiger partial charge in [0.05, 0.1) is 26.8 Å². The molecule has 0 aliphatic heterocycles. The molecule has 0 amide bonds. The lowest BCUT2D eigenvalue weighted by molar-refractivity contribution is 0.0691. The summed E-state index contributed by atoms with van der Waals surface area (Å²) in [4.78, 5) is 13.7. The molecular weight excluding hydrogens is 238 g/mol. The number of carboxylic acid groups (broad SMARTS) is 1. The molecule has 0 saturated heterocycles. The van der Waals surface area contributed by atoms with E-state index in [2.05, 4.69) is 4.98 Å². The molecule has 6 nitrogen and oxygen atoms in total. The maximum absolute atomic E-state index is 10.9. The number of hydrogen-bond donors (Lipinski definition) is 2. The van der Waals surface area contributed by atoms with E-state index in [0.717, 1.165) is 0 Å². The molecule has 6 heteroatoms. The largest absolute Gasteiger partial charge is 0.493 e. The van der Waals surface area contributed by atoms with Crippen LogP contribution in [0.25, 0.3) is 10.9 Å². The van der Waals surface area contributed by atoms with Gasteiger partial charge >= 0.3 is 5.97 Å². The summed E-state index contributed by atoms with van der Waals surface area (Å²) in [7, 11) is 4.49. The second-order valence-corrected chi connectivity index (χ2v) is 3.59. The van der Waals surface area contributed by atoms with Gasteiger partial charge < -0.3 is 24.3 Å². The molecule has 0 bridgehead atoms. The number of benzene rings is 1. The van der Waals surface area contributed by atoms with Crippen LogP contribution in [0.3, 0.4) is 0 Å². The van der Waals surface area contributed by atoms with Crippen molar-refractivity contribution in [3.05, 3.63) is 17.8 Å². The van der Waals surface area contributed by atoms with Gasteiger partial charge in [0.2, 0.25) is 5.75 Å². The van der Waals surface area contributed by atoms with Crippen molar-refractivity contribution in [3.8, 4) is 17.2 Å². The van der Waals surface area contributed by atoms with Gasteiger partial charge in [0.25, 0.3) is 0 Å². The molecule has 0 aliphatic carbocycles. The van der Waals surface area contributed by atoms with Crippen molar-refractivity contribution < 1.29 is 24.1 Å². The van der Waals surface area contributed by atoms with Gasteiger partial charge in [-0.05, 0) is 6.07 Å². The highest BCUT2D eigenvalue weighted by Gasteiger charge is 2.19. The summed E-state index contributed by atoms with van der Waals surface area (Å²) >= 11 is 0. The molecule has 2 N–H and O–H groups in total. The van der Waals surface area contributed by atoms with E-state index in [-0.39, 0.29) is 5.69 Å². The Morgan fingerprint density at radius 3 is 2.28 bits per heavy atom. The molecule has 0 unspecified atom stereocenters. The minimum atomic E-state index is -1.04. The normalized spacial score (nSPS) is 10.4. The lowest BCUT2D eigenvalue weighted by Gasteiger charge is -2.12. The molecule has 1 aromatic heterocycles. The van der Waals surface area contributed by atoms with E-state index in [1.165, 1.54) is 27.4 Å². The van der Waals surface area contributed by atoms with Gasteiger partial charge in [0.1, 0.15) is 5.69 Å². The van der Waals surface area contributed by atoms with E-state index in [1.807, 2.05) is 0 Å². The molecule has 1 heterocycles. The summed E-state index contributed by atoms with van der Waals surface area (Å²) < 4.78 is 15.7. The van der Waals surface area contributed by atoms with Gasteiger partial charge in [0.15, 0.2) is 11.5 Å². The second kappa shape index (κ2) is 4.48. The topological polar surface area (TPSA) is 80.8 Å². The maximum Gasteiger partial charge on any atom is 0.352 e. The van der Waals surface area contributed by atoms with Crippen molar-refractivity contribution >= 4 is 16.9 Å². The van der Waals surface area contributed by atoms with Gasteiger partial charge in [-0.1, -0.05) is 0 Å². The van der Waals surface area contributed by atoms with Gasteiger partial charge in [-0.2, -0.15) is 0 Å². The van der Waals surface area contributed by atoms with E-state index < -0.39 is 5.97 Å². The third-order valence-electron chi connectivity index (χ3n) is 2.66. The minimum absolute atomic E-state index is 0.0820. The van der Waals surface area contributed by atoms with Crippen molar-refractivity contribution in [3.63, 3.8) is 0 Å². The number of carboxylic acids is 1. The van der Waals surface area contributed by atoms with Crippen LogP contribution in [0.2, 0.25) is 0 Å². The van der Waals surface area contributed by atoms with Crippen LogP contribution in [0, 0.1) is 0 Å². The Morgan fingerprint density at radius 2 is 1.78 bits per heavy atom. The van der Waals surface area contributed by atoms with E-state index in [1.54, 1.807) is 6.07 Å². The maximum atomic E-state index is 10.9. The zero-order chi connectivity index (χ0) is 13.3. The van der Waals surface area contributed by atoms with Crippen LogP contribution < -0.4 is 14.2 Å². The second-order valence-electron chi connectivity index (χ2n) is 3.59. The predicted molar refractivity (Wildman–Crippen MR) is 64.9 cm³/mol. The van der Waals surface area contributed by atoms with E-state index >= 15 is 0 Å². The number of H-pyrrole nitrogens is 1. The first kappa shape index (κ1) is 12.1. The molecule has 0 fully saturated rings. The van der Waals surface area contributed by atoms with Crippen molar-refractivity contribution in [2.24, 2.45) is 0 Å². The Balaban J connectivity index is 2.79. The average Bonchev–Trinajstić information content (AvgIpc) is 2.79. The first-order valence-electron chi connectivity index (χ1n) is 5.17. The lowest BCUT2D eigenvalue weighted by Crippen LogP contribution is -1.95. The van der Waals surface area contributed by atoms with E-state index in [9.17, 15) is 4.79 Å². The highest BCUT2D eigenvalue weighted by atomic mass is 16.5. The predicted octanol–water partition coefficient (Wildman–Crippen LogP) is 1.89. The number of aromatic amines is 1. The van der Waals surface area contributed by atoms with Crippen LogP contribution in [0.5, 0.6) is 17.2 Å². The SMILES string of the molecule is COc1cc2[nH]c(C(=O)O)cc2c(OC)c1OC. The van der Waals surface area contributed by atoms with Crippen LogP contribution in [0.15, 0.2) is 12.1 Å². The zero-order valence-corrected chi connectivity index (χ0v) is 10.2. The van der Waals surface area contributed by atoms with Crippen LogP contribution in [0.1, 0.15) is 10.5 Å². The third kappa shape index (κ3) is 1.71. The highest BCUT2D eigenvalue weighted by Crippen LogP contribution is 2.43. The molecular formula is C12H13NO5. The number of fused-ring (bicyclic) bond motifs is 1. The van der Waals surface area contributed by atoms with Crippen molar-refractivity contribution in [1.29, 1.82) is 0 Å². The Morgan fingerprint density at radius 1 is 1.11 bits per heavy atom. The Labute approximate surface area is 103 Å². The Hall–Kier alpha value is -2.37. The average molecular weight is 251 g/mol. The number of methoxy groups -OCH3 is 3. The van der Waals surface area contributed by atoms with Gasteiger partial charge in [-0.25, -0.2) is 4.79 Å². The first-order valence-corrected chi connectivity index (χ1v) is 5.17. The van der Waals surface area contributed by atoms with Crippen molar-refractivity contribution in [2.75, 3.05) is 21.3 Å². The van der Waals surface area contributed by atoms with Crippen molar-refractivity contribution in [2.45, 2.75) is 0 Å². The molecule has 2 rings (SSSR count). The monoisotopic (exact) mass is 251 g/mol. The molecule has 18 heavy (non-hydrogen) atoms. The lowest BCUT2D eigenvalue weighted by atomic mass is 10.2. The molecule has 0 atom stereocenters. The third-order valence-corrected chi connectivity index (χ3v) is 2.66. The van der Waals surface area contributed by atoms with Crippen LogP contribution in [0.4, 0.5) is 0 Å². The number of aromatic nitrogens is 1. The van der Waals surface area contributed by atoms with Crippen LogP contribution in [-0.4, -0.2) is 37.4 Å². The summed E-state index contributed by atoms with van der Waals surface area (Å²) in [5, 5.41) is 9.60. The summed E-state index contributed by atoms with van der Waals surface area (Å²) in [5.74, 6) is 0.311. The fourth-order valence-electron chi connectivity index (χ4n) is 1.87.